The van der Waals surface area contributed by atoms with Gasteiger partial charge in [0.05, 0.1) is 15.2 Å². The molecule has 0 N–H and O–H groups in total. The molecule has 1 aliphatic rings. The number of hydrogen-bond acceptors (Lipinski definition) is 5. The summed E-state index contributed by atoms with van der Waals surface area (Å²) in [5, 5.41) is -0.617. The van der Waals surface area contributed by atoms with Gasteiger partial charge in [0.1, 0.15) is 12.4 Å². The van der Waals surface area contributed by atoms with E-state index in [1.807, 2.05) is 18.7 Å². The fourth-order valence-electron chi connectivity index (χ4n) is 4.99. The quantitative estimate of drug-likeness (QED) is 0.0808. The molecule has 11 heteroatoms. The summed E-state index contributed by atoms with van der Waals surface area (Å²) in [5.41, 5.74) is -9.89. The second kappa shape index (κ2) is 15.7. The monoisotopic (exact) mass is 708 g/mol. The Morgan fingerprint density at radius 1 is 1.06 bits per heavy atom. The van der Waals surface area contributed by atoms with E-state index in [9.17, 15) is 27.2 Å². The standard InChI is InChI=1S/C38H42F4N4O2S/c1-5-44(6-2)17-18-45(22-27-7-11-29(12-8-27)30-13-16-33(26(4)21-30)38(40,41)42)35(47)23-46-34-20-25(3)19-32(34)36(48)43-37(46)49-24-28-9-14-31(39)15-10-28/h7-16,21,25H,5-6,17-20,22-24H2,1-4H3/i7D,8D,11D,12D,13D,16D,19D2,20D2,21D,24D2,25D. The van der Waals surface area contributed by atoms with Gasteiger partial charge in [-0.25, -0.2) is 4.39 Å². The summed E-state index contributed by atoms with van der Waals surface area (Å²) in [4.78, 5) is 35.1. The van der Waals surface area contributed by atoms with Gasteiger partial charge in [0.2, 0.25) is 5.91 Å². The average Bonchev–Trinajstić information content (AvgIpc) is 3.29. The van der Waals surface area contributed by atoms with Gasteiger partial charge in [-0.05, 0) is 84.6 Å². The van der Waals surface area contributed by atoms with E-state index in [0.717, 1.165) is 47.6 Å². The summed E-state index contributed by atoms with van der Waals surface area (Å²) in [7, 11) is 0. The van der Waals surface area contributed by atoms with Crippen molar-refractivity contribution in [2.45, 2.75) is 70.6 Å². The maximum Gasteiger partial charge on any atom is 0.416 e. The lowest BCUT2D eigenvalue weighted by Crippen LogP contribution is -2.40. The molecule has 1 atom stereocenters. The molecule has 3 aromatic carbocycles. The van der Waals surface area contributed by atoms with E-state index < -0.39 is 147 Å². The van der Waals surface area contributed by atoms with E-state index in [-0.39, 0.29) is 30.4 Å². The minimum atomic E-state index is -5.13. The largest absolute Gasteiger partial charge is 0.416 e. The zero-order chi connectivity index (χ0) is 47.7. The molecule has 1 amide bonds. The normalized spacial score (nSPS) is 22.3. The Morgan fingerprint density at radius 2 is 1.73 bits per heavy atom. The molecule has 4 aromatic rings. The number of hydrogen-bond donors (Lipinski definition) is 0. The number of carbonyl (C=O) groups is 1. The number of carbonyl (C=O) groups excluding carboxylic acids is 1. The van der Waals surface area contributed by atoms with Gasteiger partial charge < -0.3 is 14.4 Å². The Bertz CT molecular complexity index is 2480. The van der Waals surface area contributed by atoms with Crippen molar-refractivity contribution in [1.29, 1.82) is 0 Å². The smallest absolute Gasteiger partial charge is 0.336 e. The van der Waals surface area contributed by atoms with Crippen LogP contribution in [0.2, 0.25) is 0 Å². The highest BCUT2D eigenvalue weighted by molar-refractivity contribution is 7.98. The van der Waals surface area contributed by atoms with Crippen molar-refractivity contribution in [3.05, 3.63) is 116 Å². The first kappa shape index (κ1) is 22.0. The minimum Gasteiger partial charge on any atom is -0.336 e. The molecule has 5 rings (SSSR count). The molecule has 0 spiro atoms. The summed E-state index contributed by atoms with van der Waals surface area (Å²) in [6.07, 6.45) is -11.2. The van der Waals surface area contributed by atoms with Crippen molar-refractivity contribution in [3.63, 3.8) is 0 Å². The number of fused-ring (bicyclic) bond motifs is 1. The van der Waals surface area contributed by atoms with E-state index >= 15 is 0 Å². The third-order valence-electron chi connectivity index (χ3n) is 7.66. The maximum absolute atomic E-state index is 14.7. The fourth-order valence-corrected chi connectivity index (χ4v) is 5.73. The molecule has 0 radical (unpaired) electrons. The number of thioether (sulfide) groups is 1. The van der Waals surface area contributed by atoms with Crippen molar-refractivity contribution in [2.75, 3.05) is 26.2 Å². The van der Waals surface area contributed by atoms with Gasteiger partial charge in [-0.1, -0.05) is 80.9 Å². The van der Waals surface area contributed by atoms with Crippen LogP contribution in [0.1, 0.15) is 73.5 Å². The Hall–Kier alpha value is -3.96. The molecule has 6 nitrogen and oxygen atoms in total. The number of nitrogens with zero attached hydrogens (tertiary/aromatic N) is 4. The molecule has 260 valence electrons. The second-order valence-corrected chi connectivity index (χ2v) is 11.8. The van der Waals surface area contributed by atoms with Gasteiger partial charge in [0.25, 0.3) is 5.56 Å². The summed E-state index contributed by atoms with van der Waals surface area (Å²) in [6, 6.07) is -2.67. The highest BCUT2D eigenvalue weighted by atomic mass is 32.2. The number of aromatic nitrogens is 2. The van der Waals surface area contributed by atoms with Crippen LogP contribution < -0.4 is 5.56 Å². The van der Waals surface area contributed by atoms with Crippen LogP contribution in [0.15, 0.2) is 76.5 Å². The van der Waals surface area contributed by atoms with Crippen LogP contribution in [0.25, 0.3) is 11.1 Å². The van der Waals surface area contributed by atoms with Gasteiger partial charge in [0, 0.05) is 46.2 Å². The van der Waals surface area contributed by atoms with E-state index in [4.69, 9.17) is 19.2 Å². The predicted octanol–water partition coefficient (Wildman–Crippen LogP) is 7.77. The Balaban J connectivity index is 1.70. The lowest BCUT2D eigenvalue weighted by molar-refractivity contribution is -0.138. The summed E-state index contributed by atoms with van der Waals surface area (Å²) in [5.74, 6) is -4.35. The zero-order valence-corrected chi connectivity index (χ0v) is 27.9. The number of alkyl halides is 3. The first-order valence-corrected chi connectivity index (χ1v) is 16.1. The minimum absolute atomic E-state index is 0.127. The summed E-state index contributed by atoms with van der Waals surface area (Å²) < 4.78 is 178. The van der Waals surface area contributed by atoms with Crippen LogP contribution in [0, 0.1) is 18.6 Å². The predicted molar refractivity (Wildman–Crippen MR) is 186 cm³/mol. The van der Waals surface area contributed by atoms with Crippen molar-refractivity contribution in [1.82, 2.24) is 19.4 Å². The van der Waals surface area contributed by atoms with E-state index in [1.54, 1.807) is 0 Å². The molecule has 0 bridgehead atoms. The van der Waals surface area contributed by atoms with E-state index in [0.29, 0.717) is 13.1 Å². The number of halogens is 4. The van der Waals surface area contributed by atoms with Crippen LogP contribution in [0.4, 0.5) is 17.6 Å². The average molecular weight is 709 g/mol. The third kappa shape index (κ3) is 8.99. The van der Waals surface area contributed by atoms with E-state index in [2.05, 4.69) is 4.98 Å². The first-order valence-electron chi connectivity index (χ1n) is 22.3. The van der Waals surface area contributed by atoms with Crippen LogP contribution in [-0.2, 0) is 42.5 Å². The van der Waals surface area contributed by atoms with Gasteiger partial charge >= 0.3 is 6.18 Å². The summed E-state index contributed by atoms with van der Waals surface area (Å²) in [6.45, 7) is 4.66. The Morgan fingerprint density at radius 3 is 2.39 bits per heavy atom. The third-order valence-corrected chi connectivity index (χ3v) is 8.49. The number of likely N-dealkylation sites (N-methyl/N-ethyl adjacent to an activating group) is 1. The molecule has 1 heterocycles. The van der Waals surface area contributed by atoms with Crippen molar-refractivity contribution >= 4 is 17.7 Å². The Labute approximate surface area is 308 Å². The van der Waals surface area contributed by atoms with Gasteiger partial charge in [0.15, 0.2) is 5.16 Å². The maximum atomic E-state index is 14.7. The van der Waals surface area contributed by atoms with E-state index in [1.165, 1.54) is 0 Å². The van der Waals surface area contributed by atoms with Crippen LogP contribution in [-0.4, -0.2) is 51.4 Å². The second-order valence-electron chi connectivity index (χ2n) is 11.0. The molecule has 1 aromatic heterocycles. The number of rotatable bonds is 13. The lowest BCUT2D eigenvalue weighted by Gasteiger charge is -2.28. The van der Waals surface area contributed by atoms with Crippen LogP contribution in [0.5, 0.6) is 0 Å². The first-order chi connectivity index (χ1) is 28.9. The molecular weight excluding hydrogens is 653 g/mol. The van der Waals surface area contributed by atoms with Crippen molar-refractivity contribution < 1.29 is 41.5 Å². The van der Waals surface area contributed by atoms with Crippen LogP contribution in [0.3, 0.4) is 0 Å². The molecule has 1 aliphatic carbocycles. The fraction of sp³-hybridized carbons (Fsp3) is 0.395. The molecular formula is C38H42F4N4O2S. The van der Waals surface area contributed by atoms with Gasteiger partial charge in [-0.15, -0.1) is 0 Å². The SMILES string of the molecule is [2H]c1c([2H])c(-c2c([2H])c([2H])c(C(F)(F)F)c(C)c2[2H])c([2H])c([2H])c1CN(CCN(CC)CC)C(=O)Cn1c(SC([2H])([2H])c2ccc(F)cc2)nc(=O)c2c1C([2H])([2H])C([2H])(C)C2([2H])[2H]. The van der Waals surface area contributed by atoms with Crippen molar-refractivity contribution in [3.8, 4) is 11.1 Å². The molecule has 0 fully saturated rings. The highest BCUT2D eigenvalue weighted by Gasteiger charge is 2.32. The van der Waals surface area contributed by atoms with Crippen molar-refractivity contribution in [2.24, 2.45) is 5.89 Å². The zero-order valence-electron chi connectivity index (χ0n) is 41.1. The molecule has 49 heavy (non-hydrogen) atoms. The molecule has 0 saturated carbocycles. The highest BCUT2D eigenvalue weighted by Crippen LogP contribution is 2.34. The van der Waals surface area contributed by atoms with Gasteiger partial charge in [-0.2, -0.15) is 18.2 Å². The molecule has 0 saturated heterocycles. The van der Waals surface area contributed by atoms with Crippen LogP contribution >= 0.6 is 11.8 Å². The van der Waals surface area contributed by atoms with Gasteiger partial charge in [-0.3, -0.25) is 9.59 Å². The lowest BCUT2D eigenvalue weighted by atomic mass is 9.98. The summed E-state index contributed by atoms with van der Waals surface area (Å²) >= 11 is 0.228. The molecule has 1 unspecified atom stereocenters. The molecule has 0 aliphatic heterocycles. The number of benzene rings is 3. The Kier molecular flexibility index (Phi) is 7.05. The number of amides is 1. The topological polar surface area (TPSA) is 58.4 Å².